The third-order valence-electron chi connectivity index (χ3n) is 2.45. The number of halogens is 3. The minimum atomic E-state index is -4.55. The first-order chi connectivity index (χ1) is 9.65. The number of alkyl halides is 3. The molecule has 10 heteroatoms. The van der Waals surface area contributed by atoms with E-state index in [9.17, 15) is 21.6 Å². The first kappa shape index (κ1) is 15.3. The summed E-state index contributed by atoms with van der Waals surface area (Å²) in [7, 11) is -4.17. The molecule has 2 aromatic rings. The minimum Gasteiger partial charge on any atom is -0.281 e. The van der Waals surface area contributed by atoms with Gasteiger partial charge in [-0.05, 0) is 12.1 Å². The lowest BCUT2D eigenvalue weighted by Crippen LogP contribution is -2.36. The Balaban J connectivity index is 2.23. The van der Waals surface area contributed by atoms with Gasteiger partial charge < -0.3 is 0 Å². The second-order valence-electron chi connectivity index (χ2n) is 4.11. The van der Waals surface area contributed by atoms with Crippen LogP contribution in [0.1, 0.15) is 5.69 Å². The highest BCUT2D eigenvalue weighted by atomic mass is 32.2. The van der Waals surface area contributed by atoms with Crippen molar-refractivity contribution in [2.45, 2.75) is 12.1 Å². The lowest BCUT2D eigenvalue weighted by Gasteiger charge is -2.05. The number of hydrogen-bond donors (Lipinski definition) is 1. The molecule has 0 bridgehead atoms. The molecule has 0 aliphatic rings. The topological polar surface area (TPSA) is 84.0 Å². The van der Waals surface area contributed by atoms with Gasteiger partial charge in [-0.25, -0.2) is 0 Å². The lowest BCUT2D eigenvalue weighted by atomic mass is 10.2. The van der Waals surface area contributed by atoms with Crippen LogP contribution in [-0.4, -0.2) is 23.2 Å². The molecule has 1 N–H and O–H groups in total. The van der Waals surface area contributed by atoms with E-state index in [0.29, 0.717) is 5.56 Å². The van der Waals surface area contributed by atoms with Crippen molar-refractivity contribution < 1.29 is 30.7 Å². The normalized spacial score (nSPS) is 12.4. The number of hydrogen-bond acceptors (Lipinski definition) is 4. The van der Waals surface area contributed by atoms with E-state index in [0.717, 1.165) is 12.1 Å². The molecule has 0 amide bonds. The Bertz CT molecular complexity index is 728. The van der Waals surface area contributed by atoms with Crippen LogP contribution >= 0.6 is 0 Å². The zero-order valence-corrected chi connectivity index (χ0v) is 11.1. The van der Waals surface area contributed by atoms with Gasteiger partial charge in [-0.3, -0.25) is 4.55 Å². The van der Waals surface area contributed by atoms with Gasteiger partial charge in [0.1, 0.15) is 0 Å². The SMILES string of the molecule is O=S(=O)(O)C[n+]1ccc(-c2ccc(C(F)(F)F)nn2)cc1. The monoisotopic (exact) mass is 320 g/mol. The molecule has 2 heterocycles. The Labute approximate surface area is 117 Å². The molecule has 6 nitrogen and oxygen atoms in total. The van der Waals surface area contributed by atoms with E-state index in [2.05, 4.69) is 10.2 Å². The van der Waals surface area contributed by atoms with Crippen LogP contribution in [-0.2, 0) is 22.2 Å². The van der Waals surface area contributed by atoms with Gasteiger partial charge in [-0.2, -0.15) is 26.2 Å². The molecule has 112 valence electrons. The van der Waals surface area contributed by atoms with Gasteiger partial charge in [0.05, 0.1) is 5.69 Å². The van der Waals surface area contributed by atoms with Crippen molar-refractivity contribution in [1.82, 2.24) is 10.2 Å². The quantitative estimate of drug-likeness (QED) is 0.680. The summed E-state index contributed by atoms with van der Waals surface area (Å²) in [5.41, 5.74) is -0.423. The standard InChI is InChI=1S/C11H8F3N3O3S/c12-11(13,14)10-2-1-9(15-16-10)8-3-5-17(6-4-8)7-21(18,19)20/h1-6H,7H2/p+1. The molecule has 2 rings (SSSR count). The van der Waals surface area contributed by atoms with Gasteiger partial charge in [-0.15, -0.1) is 10.2 Å². The van der Waals surface area contributed by atoms with Gasteiger partial charge in [-0.1, -0.05) is 0 Å². The van der Waals surface area contributed by atoms with E-state index in [-0.39, 0.29) is 5.69 Å². The second kappa shape index (κ2) is 5.37. The van der Waals surface area contributed by atoms with Crippen molar-refractivity contribution in [2.75, 3.05) is 0 Å². The average Bonchev–Trinajstić information content (AvgIpc) is 2.37. The summed E-state index contributed by atoms with van der Waals surface area (Å²) < 4.78 is 68.3. The maximum absolute atomic E-state index is 12.3. The predicted octanol–water partition coefficient (Wildman–Crippen LogP) is 1.30. The summed E-state index contributed by atoms with van der Waals surface area (Å²) in [6, 6.07) is 4.87. The van der Waals surface area contributed by atoms with Crippen molar-refractivity contribution in [3.05, 3.63) is 42.4 Å². The highest BCUT2D eigenvalue weighted by Gasteiger charge is 2.32. The molecule has 0 atom stereocenters. The molecule has 0 fully saturated rings. The third kappa shape index (κ3) is 4.20. The number of rotatable bonds is 3. The van der Waals surface area contributed by atoms with E-state index in [4.69, 9.17) is 4.55 Å². The molecule has 0 aliphatic carbocycles. The predicted molar refractivity (Wildman–Crippen MR) is 64.2 cm³/mol. The van der Waals surface area contributed by atoms with Crippen LogP contribution in [0.4, 0.5) is 13.2 Å². The van der Waals surface area contributed by atoms with Crippen molar-refractivity contribution >= 4 is 10.1 Å². The Morgan fingerprint density at radius 2 is 1.71 bits per heavy atom. The van der Waals surface area contributed by atoms with Crippen molar-refractivity contribution in [3.63, 3.8) is 0 Å². The van der Waals surface area contributed by atoms with Crippen LogP contribution in [0.25, 0.3) is 11.3 Å². The van der Waals surface area contributed by atoms with E-state index >= 15 is 0 Å². The average molecular weight is 320 g/mol. The highest BCUT2D eigenvalue weighted by Crippen LogP contribution is 2.27. The summed E-state index contributed by atoms with van der Waals surface area (Å²) in [5.74, 6) is -0.619. The first-order valence-corrected chi connectivity index (χ1v) is 7.12. The lowest BCUT2D eigenvalue weighted by molar-refractivity contribution is -0.678. The zero-order chi connectivity index (χ0) is 15.7. The molecule has 0 spiro atoms. The Hall–Kier alpha value is -2.07. The largest absolute Gasteiger partial charge is 0.435 e. The van der Waals surface area contributed by atoms with Gasteiger partial charge in [0.25, 0.3) is 5.88 Å². The van der Waals surface area contributed by atoms with Gasteiger partial charge >= 0.3 is 16.3 Å². The van der Waals surface area contributed by atoms with E-state index in [1.54, 1.807) is 0 Å². The molecule has 0 radical (unpaired) electrons. The fourth-order valence-corrected chi connectivity index (χ4v) is 2.09. The molecular formula is C11H9F3N3O3S+. The van der Waals surface area contributed by atoms with Crippen LogP contribution in [0.3, 0.4) is 0 Å². The third-order valence-corrected chi connectivity index (χ3v) is 3.08. The van der Waals surface area contributed by atoms with Crippen LogP contribution in [0.15, 0.2) is 36.7 Å². The Morgan fingerprint density at radius 1 is 1.10 bits per heavy atom. The Morgan fingerprint density at radius 3 is 2.14 bits per heavy atom. The molecule has 0 saturated carbocycles. The fraction of sp³-hybridized carbons (Fsp3) is 0.182. The first-order valence-electron chi connectivity index (χ1n) is 5.51. The minimum absolute atomic E-state index is 0.210. The second-order valence-corrected chi connectivity index (χ2v) is 5.54. The summed E-state index contributed by atoms with van der Waals surface area (Å²) in [4.78, 5) is 0. The zero-order valence-electron chi connectivity index (χ0n) is 10.3. The van der Waals surface area contributed by atoms with Gasteiger partial charge in [0.2, 0.25) is 0 Å². The van der Waals surface area contributed by atoms with Gasteiger partial charge in [0.15, 0.2) is 18.1 Å². The summed E-state index contributed by atoms with van der Waals surface area (Å²) >= 11 is 0. The summed E-state index contributed by atoms with van der Waals surface area (Å²) in [6.45, 7) is 0. The number of pyridine rings is 1. The fourth-order valence-electron chi connectivity index (χ4n) is 1.54. The molecule has 2 aromatic heterocycles. The Kier molecular flexibility index (Phi) is 3.92. The van der Waals surface area contributed by atoms with Crippen molar-refractivity contribution in [1.29, 1.82) is 0 Å². The molecular weight excluding hydrogens is 311 g/mol. The van der Waals surface area contributed by atoms with Crippen molar-refractivity contribution in [2.24, 2.45) is 0 Å². The van der Waals surface area contributed by atoms with Crippen LogP contribution in [0.5, 0.6) is 0 Å². The maximum atomic E-state index is 12.3. The van der Waals surface area contributed by atoms with Gasteiger partial charge in [0, 0.05) is 17.7 Å². The van der Waals surface area contributed by atoms with E-state index < -0.39 is 27.9 Å². The number of aromatic nitrogens is 3. The molecule has 0 saturated heterocycles. The van der Waals surface area contributed by atoms with Crippen LogP contribution < -0.4 is 4.57 Å². The highest BCUT2D eigenvalue weighted by molar-refractivity contribution is 7.84. The van der Waals surface area contributed by atoms with E-state index in [1.165, 1.54) is 29.1 Å². The van der Waals surface area contributed by atoms with Crippen LogP contribution in [0, 0.1) is 0 Å². The van der Waals surface area contributed by atoms with E-state index in [1.807, 2.05) is 0 Å². The molecule has 0 aliphatic heterocycles. The smallest absolute Gasteiger partial charge is 0.281 e. The molecule has 0 unspecified atom stereocenters. The molecule has 0 aromatic carbocycles. The van der Waals surface area contributed by atoms with Crippen molar-refractivity contribution in [3.8, 4) is 11.3 Å². The van der Waals surface area contributed by atoms with Crippen LogP contribution in [0.2, 0.25) is 0 Å². The maximum Gasteiger partial charge on any atom is 0.435 e. The number of nitrogens with zero attached hydrogens (tertiary/aromatic N) is 3. The summed E-state index contributed by atoms with van der Waals surface area (Å²) in [5, 5.41) is 6.56. The molecule has 21 heavy (non-hydrogen) atoms. The summed E-state index contributed by atoms with van der Waals surface area (Å²) in [6.07, 6.45) is -1.86.